The van der Waals surface area contributed by atoms with Crippen LogP contribution in [0.25, 0.3) is 0 Å². The summed E-state index contributed by atoms with van der Waals surface area (Å²) in [5.74, 6) is 0. The predicted molar refractivity (Wildman–Crippen MR) is 56.0 cm³/mol. The van der Waals surface area contributed by atoms with E-state index in [1.54, 1.807) is 0 Å². The summed E-state index contributed by atoms with van der Waals surface area (Å²) in [5, 5.41) is 0. The zero-order chi connectivity index (χ0) is 9.56. The molecule has 0 spiro atoms. The van der Waals surface area contributed by atoms with Gasteiger partial charge >= 0.3 is 0 Å². The summed E-state index contributed by atoms with van der Waals surface area (Å²) >= 11 is 0. The molecule has 0 aromatic heterocycles. The molecule has 0 heterocycles. The molecule has 0 fully saturated rings. The zero-order valence-corrected chi connectivity index (χ0v) is 8.59. The van der Waals surface area contributed by atoms with Crippen LogP contribution in [0.2, 0.25) is 0 Å². The van der Waals surface area contributed by atoms with E-state index < -0.39 is 0 Å². The van der Waals surface area contributed by atoms with Gasteiger partial charge in [0.1, 0.15) is 0 Å². The van der Waals surface area contributed by atoms with Crippen molar-refractivity contribution in [2.75, 3.05) is 13.6 Å². The summed E-state index contributed by atoms with van der Waals surface area (Å²) in [4.78, 5) is 2.07. The largest absolute Gasteiger partial charge is 0.377 e. The van der Waals surface area contributed by atoms with Gasteiger partial charge in [-0.25, -0.2) is 0 Å². The molecule has 0 saturated heterocycles. The molecule has 12 heavy (non-hydrogen) atoms. The Morgan fingerprint density at radius 1 is 1.42 bits per heavy atom. The highest BCUT2D eigenvalue weighted by Gasteiger charge is 1.95. The minimum Gasteiger partial charge on any atom is -0.377 e. The summed E-state index contributed by atoms with van der Waals surface area (Å²) in [6.07, 6.45) is 6.03. The maximum atomic E-state index is 3.70. The van der Waals surface area contributed by atoms with Crippen molar-refractivity contribution in [3.8, 4) is 0 Å². The number of hydrogen-bond donors (Lipinski definition) is 0. The molecule has 0 amide bonds. The molecule has 0 rings (SSSR count). The van der Waals surface area contributed by atoms with Crippen LogP contribution in [0.1, 0.15) is 20.8 Å². The van der Waals surface area contributed by atoms with Crippen molar-refractivity contribution in [3.05, 3.63) is 36.1 Å². The predicted octanol–water partition coefficient (Wildman–Crippen LogP) is 2.97. The van der Waals surface area contributed by atoms with Gasteiger partial charge in [0.25, 0.3) is 0 Å². The van der Waals surface area contributed by atoms with Gasteiger partial charge < -0.3 is 4.90 Å². The Kier molecular flexibility index (Phi) is 5.18. The van der Waals surface area contributed by atoms with Crippen molar-refractivity contribution >= 4 is 0 Å². The summed E-state index contributed by atoms with van der Waals surface area (Å²) in [5.41, 5.74) is 2.72. The van der Waals surface area contributed by atoms with Crippen molar-refractivity contribution in [1.82, 2.24) is 4.90 Å². The van der Waals surface area contributed by atoms with Gasteiger partial charge in [0.15, 0.2) is 0 Å². The van der Waals surface area contributed by atoms with Crippen LogP contribution in [-0.2, 0) is 0 Å². The highest BCUT2D eigenvalue weighted by atomic mass is 15.1. The number of likely N-dealkylation sites (N-methyl/N-ethyl adjacent to an activating group) is 1. The van der Waals surface area contributed by atoms with E-state index in [9.17, 15) is 0 Å². The Morgan fingerprint density at radius 2 is 2.00 bits per heavy atom. The first-order valence-corrected chi connectivity index (χ1v) is 4.23. The van der Waals surface area contributed by atoms with E-state index in [2.05, 4.69) is 37.5 Å². The molecule has 0 aromatic carbocycles. The lowest BCUT2D eigenvalue weighted by molar-refractivity contribution is 0.497. The molecular weight excluding hydrogens is 146 g/mol. The third-order valence-electron chi connectivity index (χ3n) is 1.89. The number of allylic oxidation sites excluding steroid dienone is 3. The Hall–Kier alpha value is -0.980. The standard InChI is InChI=1S/C11H19N/c1-6-8-10(3)11(4)9-12(5)7-2/h6-8H,2,9H2,1,3-5H3/b8-6-,11-10+. The van der Waals surface area contributed by atoms with Crippen LogP contribution in [0.5, 0.6) is 0 Å². The van der Waals surface area contributed by atoms with E-state index >= 15 is 0 Å². The average molecular weight is 165 g/mol. The Labute approximate surface area is 76.1 Å². The van der Waals surface area contributed by atoms with Crippen LogP contribution >= 0.6 is 0 Å². The van der Waals surface area contributed by atoms with Crippen molar-refractivity contribution < 1.29 is 0 Å². The second kappa shape index (κ2) is 5.64. The molecule has 1 nitrogen and oxygen atoms in total. The molecule has 68 valence electrons. The molecule has 0 aliphatic rings. The quantitative estimate of drug-likeness (QED) is 0.579. The lowest BCUT2D eigenvalue weighted by Gasteiger charge is -2.14. The zero-order valence-electron chi connectivity index (χ0n) is 8.59. The van der Waals surface area contributed by atoms with Gasteiger partial charge in [0.05, 0.1) is 0 Å². The summed E-state index contributed by atoms with van der Waals surface area (Å²) < 4.78 is 0. The van der Waals surface area contributed by atoms with Gasteiger partial charge in [0, 0.05) is 13.6 Å². The number of hydrogen-bond acceptors (Lipinski definition) is 1. The first kappa shape index (κ1) is 11.0. The summed E-state index contributed by atoms with van der Waals surface area (Å²) in [6.45, 7) is 11.0. The first-order valence-electron chi connectivity index (χ1n) is 4.23. The minimum atomic E-state index is 0.958. The van der Waals surface area contributed by atoms with Gasteiger partial charge in [-0.3, -0.25) is 0 Å². The van der Waals surface area contributed by atoms with Crippen molar-refractivity contribution in [3.63, 3.8) is 0 Å². The second-order valence-corrected chi connectivity index (χ2v) is 3.06. The number of nitrogens with zero attached hydrogens (tertiary/aromatic N) is 1. The summed E-state index contributed by atoms with van der Waals surface area (Å²) in [6, 6.07) is 0. The smallest absolute Gasteiger partial charge is 0.0382 e. The molecule has 0 aliphatic heterocycles. The first-order chi connectivity index (χ1) is 5.61. The molecule has 1 heteroatoms. The van der Waals surface area contributed by atoms with Crippen LogP contribution in [0.15, 0.2) is 36.1 Å². The minimum absolute atomic E-state index is 0.958. The fraction of sp³-hybridized carbons (Fsp3) is 0.455. The van der Waals surface area contributed by atoms with Gasteiger partial charge in [-0.05, 0) is 27.0 Å². The van der Waals surface area contributed by atoms with E-state index in [1.807, 2.05) is 20.2 Å². The fourth-order valence-electron chi connectivity index (χ4n) is 0.956. The van der Waals surface area contributed by atoms with E-state index in [4.69, 9.17) is 0 Å². The fourth-order valence-corrected chi connectivity index (χ4v) is 0.956. The molecule has 0 unspecified atom stereocenters. The second-order valence-electron chi connectivity index (χ2n) is 3.06. The number of rotatable bonds is 4. The lowest BCUT2D eigenvalue weighted by atomic mass is 10.1. The SMILES string of the molecule is C=CN(C)C/C(C)=C(C)/C=C\C. The van der Waals surface area contributed by atoms with E-state index in [0.717, 1.165) is 6.54 Å². The van der Waals surface area contributed by atoms with Crippen molar-refractivity contribution in [2.45, 2.75) is 20.8 Å². The maximum absolute atomic E-state index is 3.70. The molecular formula is C11H19N. The van der Waals surface area contributed by atoms with Gasteiger partial charge in [-0.2, -0.15) is 0 Å². The van der Waals surface area contributed by atoms with Gasteiger partial charge in [0.2, 0.25) is 0 Å². The summed E-state index contributed by atoms with van der Waals surface area (Å²) in [7, 11) is 2.03. The molecule has 0 saturated carbocycles. The van der Waals surface area contributed by atoms with Gasteiger partial charge in [-0.1, -0.05) is 29.9 Å². The highest BCUT2D eigenvalue weighted by molar-refractivity contribution is 5.23. The molecule has 0 aromatic rings. The van der Waals surface area contributed by atoms with Crippen LogP contribution in [-0.4, -0.2) is 18.5 Å². The monoisotopic (exact) mass is 165 g/mol. The van der Waals surface area contributed by atoms with Crippen LogP contribution in [0, 0.1) is 0 Å². The Balaban J connectivity index is 4.25. The lowest BCUT2D eigenvalue weighted by Crippen LogP contribution is -2.13. The van der Waals surface area contributed by atoms with E-state index in [-0.39, 0.29) is 0 Å². The van der Waals surface area contributed by atoms with Crippen molar-refractivity contribution in [2.24, 2.45) is 0 Å². The molecule has 0 N–H and O–H groups in total. The van der Waals surface area contributed by atoms with Crippen LogP contribution in [0.3, 0.4) is 0 Å². The van der Waals surface area contributed by atoms with E-state index in [1.165, 1.54) is 11.1 Å². The third-order valence-corrected chi connectivity index (χ3v) is 1.89. The highest BCUT2D eigenvalue weighted by Crippen LogP contribution is 2.06. The molecule has 0 aliphatic carbocycles. The van der Waals surface area contributed by atoms with Crippen LogP contribution in [0.4, 0.5) is 0 Å². The molecule has 0 atom stereocenters. The third kappa shape index (κ3) is 4.02. The molecule has 0 radical (unpaired) electrons. The molecule has 0 bridgehead atoms. The van der Waals surface area contributed by atoms with Crippen molar-refractivity contribution in [1.29, 1.82) is 0 Å². The average Bonchev–Trinajstić information content (AvgIpc) is 2.04. The normalized spacial score (nSPS) is 13.0. The van der Waals surface area contributed by atoms with E-state index in [0.29, 0.717) is 0 Å². The Bertz CT molecular complexity index is 199. The van der Waals surface area contributed by atoms with Crippen LogP contribution < -0.4 is 0 Å². The Morgan fingerprint density at radius 3 is 2.42 bits per heavy atom. The topological polar surface area (TPSA) is 3.24 Å². The maximum Gasteiger partial charge on any atom is 0.0382 e. The van der Waals surface area contributed by atoms with Gasteiger partial charge in [-0.15, -0.1) is 0 Å².